The molecular formula is C6H6F2N2O. The van der Waals surface area contributed by atoms with E-state index in [1.807, 2.05) is 0 Å². The third-order valence-corrected chi connectivity index (χ3v) is 1.12. The minimum atomic E-state index is -2.65. The first kappa shape index (κ1) is 7.84. The number of hydrogen-bond acceptors (Lipinski definition) is 2. The highest BCUT2D eigenvalue weighted by atomic mass is 19.3. The molecule has 0 spiro atoms. The van der Waals surface area contributed by atoms with Gasteiger partial charge in [-0.05, 0) is 6.92 Å². The molecule has 0 radical (unpaired) electrons. The molecule has 1 aromatic heterocycles. The highest BCUT2D eigenvalue weighted by molar-refractivity contribution is 5.02. The average molecular weight is 160 g/mol. The van der Waals surface area contributed by atoms with Gasteiger partial charge in [-0.3, -0.25) is 4.79 Å². The van der Waals surface area contributed by atoms with Gasteiger partial charge in [0.1, 0.15) is 5.82 Å². The Balaban J connectivity index is 3.19. The number of aryl methyl sites for hydroxylation is 1. The second-order valence-electron chi connectivity index (χ2n) is 2.06. The fraction of sp³-hybridized carbons (Fsp3) is 0.333. The van der Waals surface area contributed by atoms with E-state index >= 15 is 0 Å². The molecule has 0 aromatic carbocycles. The average Bonchev–Trinajstić information content (AvgIpc) is 1.85. The SMILES string of the molecule is Cc1nc(=O)cc(C(F)F)[nH]1. The van der Waals surface area contributed by atoms with Crippen molar-refractivity contribution in [3.05, 3.63) is 27.9 Å². The maximum Gasteiger partial charge on any atom is 0.278 e. The smallest absolute Gasteiger partial charge is 0.278 e. The number of nitrogens with one attached hydrogen (secondary N) is 1. The summed E-state index contributed by atoms with van der Waals surface area (Å²) in [6, 6.07) is 0.789. The van der Waals surface area contributed by atoms with Crippen molar-refractivity contribution in [1.82, 2.24) is 9.97 Å². The zero-order chi connectivity index (χ0) is 8.43. The highest BCUT2D eigenvalue weighted by Gasteiger charge is 2.08. The summed E-state index contributed by atoms with van der Waals surface area (Å²) in [4.78, 5) is 16.2. The molecule has 0 saturated heterocycles. The van der Waals surface area contributed by atoms with E-state index in [1.165, 1.54) is 6.92 Å². The third kappa shape index (κ3) is 1.83. The van der Waals surface area contributed by atoms with Crippen LogP contribution in [-0.2, 0) is 0 Å². The van der Waals surface area contributed by atoms with Crippen molar-refractivity contribution in [2.75, 3.05) is 0 Å². The number of H-pyrrole nitrogens is 1. The Morgan fingerprint density at radius 1 is 1.64 bits per heavy atom. The number of aromatic amines is 1. The summed E-state index contributed by atoms with van der Waals surface area (Å²) in [6.07, 6.45) is -2.65. The first-order chi connectivity index (χ1) is 5.09. The van der Waals surface area contributed by atoms with Crippen molar-refractivity contribution in [2.24, 2.45) is 0 Å². The van der Waals surface area contributed by atoms with Crippen LogP contribution in [0.1, 0.15) is 17.9 Å². The van der Waals surface area contributed by atoms with Gasteiger partial charge in [-0.25, -0.2) is 8.78 Å². The topological polar surface area (TPSA) is 45.8 Å². The van der Waals surface area contributed by atoms with Crippen molar-refractivity contribution in [3.63, 3.8) is 0 Å². The summed E-state index contributed by atoms with van der Waals surface area (Å²) in [5, 5.41) is 0. The van der Waals surface area contributed by atoms with Crippen molar-refractivity contribution in [2.45, 2.75) is 13.3 Å². The van der Waals surface area contributed by atoms with Gasteiger partial charge in [0.15, 0.2) is 0 Å². The predicted octanol–water partition coefficient (Wildman–Crippen LogP) is 1.02. The van der Waals surface area contributed by atoms with Crippen LogP contribution in [0.2, 0.25) is 0 Å². The Labute approximate surface area is 61.1 Å². The Bertz CT molecular complexity index is 308. The Morgan fingerprint density at radius 2 is 2.27 bits per heavy atom. The van der Waals surface area contributed by atoms with Gasteiger partial charge in [0.2, 0.25) is 0 Å². The third-order valence-electron chi connectivity index (χ3n) is 1.12. The summed E-state index contributed by atoms with van der Waals surface area (Å²) in [7, 11) is 0. The van der Waals surface area contributed by atoms with E-state index in [0.29, 0.717) is 0 Å². The first-order valence-electron chi connectivity index (χ1n) is 2.95. The van der Waals surface area contributed by atoms with Crippen molar-refractivity contribution < 1.29 is 8.78 Å². The van der Waals surface area contributed by atoms with Gasteiger partial charge in [0.25, 0.3) is 12.0 Å². The van der Waals surface area contributed by atoms with Gasteiger partial charge in [-0.15, -0.1) is 0 Å². The van der Waals surface area contributed by atoms with Crippen LogP contribution < -0.4 is 5.56 Å². The minimum Gasteiger partial charge on any atom is -0.342 e. The molecule has 1 N–H and O–H groups in total. The molecule has 0 unspecified atom stereocenters. The van der Waals surface area contributed by atoms with Crippen LogP contribution >= 0.6 is 0 Å². The van der Waals surface area contributed by atoms with E-state index in [-0.39, 0.29) is 11.5 Å². The Morgan fingerprint density at radius 3 is 2.73 bits per heavy atom. The van der Waals surface area contributed by atoms with Crippen LogP contribution in [0.3, 0.4) is 0 Å². The molecule has 1 heterocycles. The van der Waals surface area contributed by atoms with Gasteiger partial charge in [-0.2, -0.15) is 4.98 Å². The van der Waals surface area contributed by atoms with E-state index in [2.05, 4.69) is 9.97 Å². The van der Waals surface area contributed by atoms with Crippen LogP contribution in [-0.4, -0.2) is 9.97 Å². The van der Waals surface area contributed by atoms with Gasteiger partial charge in [-0.1, -0.05) is 0 Å². The second-order valence-corrected chi connectivity index (χ2v) is 2.06. The molecule has 0 aliphatic carbocycles. The largest absolute Gasteiger partial charge is 0.342 e. The van der Waals surface area contributed by atoms with Crippen LogP contribution in [0.25, 0.3) is 0 Å². The molecular weight excluding hydrogens is 154 g/mol. The number of hydrogen-bond donors (Lipinski definition) is 1. The molecule has 0 aliphatic heterocycles. The lowest BCUT2D eigenvalue weighted by molar-refractivity contribution is 0.145. The van der Waals surface area contributed by atoms with Crippen molar-refractivity contribution in [1.29, 1.82) is 0 Å². The number of alkyl halides is 2. The molecule has 5 heteroatoms. The predicted molar refractivity (Wildman–Crippen MR) is 34.6 cm³/mol. The van der Waals surface area contributed by atoms with Crippen LogP contribution in [0.4, 0.5) is 8.78 Å². The molecule has 60 valence electrons. The highest BCUT2D eigenvalue weighted by Crippen LogP contribution is 2.13. The molecule has 11 heavy (non-hydrogen) atoms. The second kappa shape index (κ2) is 2.77. The Kier molecular flexibility index (Phi) is 1.98. The lowest BCUT2D eigenvalue weighted by atomic mass is 10.4. The minimum absolute atomic E-state index is 0.202. The molecule has 3 nitrogen and oxygen atoms in total. The van der Waals surface area contributed by atoms with Crippen LogP contribution in [0, 0.1) is 6.92 Å². The van der Waals surface area contributed by atoms with Gasteiger partial charge < -0.3 is 4.98 Å². The molecule has 1 rings (SSSR count). The molecule has 1 aromatic rings. The molecule has 0 saturated carbocycles. The van der Waals surface area contributed by atoms with E-state index in [9.17, 15) is 13.6 Å². The Hall–Kier alpha value is -1.26. The zero-order valence-electron chi connectivity index (χ0n) is 5.77. The van der Waals surface area contributed by atoms with Gasteiger partial charge in [0, 0.05) is 6.07 Å². The van der Waals surface area contributed by atoms with Crippen LogP contribution in [0.5, 0.6) is 0 Å². The standard InChI is InChI=1S/C6H6F2N2O/c1-3-9-4(6(7)8)2-5(11)10-3/h2,6H,1H3,(H,9,10,11). The molecule has 0 atom stereocenters. The van der Waals surface area contributed by atoms with Crippen LogP contribution in [0.15, 0.2) is 10.9 Å². The van der Waals surface area contributed by atoms with Crippen molar-refractivity contribution in [3.8, 4) is 0 Å². The van der Waals surface area contributed by atoms with E-state index < -0.39 is 12.0 Å². The summed E-state index contributed by atoms with van der Waals surface area (Å²) < 4.78 is 23.9. The monoisotopic (exact) mass is 160 g/mol. The summed E-state index contributed by atoms with van der Waals surface area (Å²) in [5.41, 5.74) is -1.03. The first-order valence-corrected chi connectivity index (χ1v) is 2.95. The fourth-order valence-electron chi connectivity index (χ4n) is 0.721. The van der Waals surface area contributed by atoms with E-state index in [1.54, 1.807) is 0 Å². The number of nitrogens with zero attached hydrogens (tertiary/aromatic N) is 1. The number of aromatic nitrogens is 2. The summed E-state index contributed by atoms with van der Waals surface area (Å²) >= 11 is 0. The molecule has 0 fully saturated rings. The maximum atomic E-state index is 11.9. The van der Waals surface area contributed by atoms with Gasteiger partial charge >= 0.3 is 0 Å². The zero-order valence-corrected chi connectivity index (χ0v) is 5.77. The number of rotatable bonds is 1. The van der Waals surface area contributed by atoms with E-state index in [4.69, 9.17) is 0 Å². The quantitative estimate of drug-likeness (QED) is 0.666. The summed E-state index contributed by atoms with van der Waals surface area (Å²) in [5.74, 6) is 0.202. The maximum absolute atomic E-state index is 11.9. The normalized spacial score (nSPS) is 10.5. The summed E-state index contributed by atoms with van der Waals surface area (Å²) in [6.45, 7) is 1.45. The number of halogens is 2. The molecule has 0 aliphatic rings. The lowest BCUT2D eigenvalue weighted by Crippen LogP contribution is -2.10. The van der Waals surface area contributed by atoms with Gasteiger partial charge in [0.05, 0.1) is 5.69 Å². The molecule has 0 bridgehead atoms. The van der Waals surface area contributed by atoms with Crippen molar-refractivity contribution >= 4 is 0 Å². The molecule has 0 amide bonds. The van der Waals surface area contributed by atoms with E-state index in [0.717, 1.165) is 6.07 Å². The lowest BCUT2D eigenvalue weighted by Gasteiger charge is -1.98. The fourth-order valence-corrected chi connectivity index (χ4v) is 0.721.